The molecule has 0 aliphatic rings. The highest BCUT2D eigenvalue weighted by Crippen LogP contribution is 2.17. The highest BCUT2D eigenvalue weighted by Gasteiger charge is 2.10. The van der Waals surface area contributed by atoms with Gasteiger partial charge in [-0.25, -0.2) is 9.97 Å². The maximum atomic E-state index is 12.2. The smallest absolute Gasteiger partial charge is 0.270 e. The summed E-state index contributed by atoms with van der Waals surface area (Å²) in [6.07, 6.45) is 3.07. The van der Waals surface area contributed by atoms with Crippen LogP contribution in [0.4, 0.5) is 5.82 Å². The number of nitrogens with one attached hydrogen (secondary N) is 2. The highest BCUT2D eigenvalue weighted by molar-refractivity contribution is 5.92. The maximum absolute atomic E-state index is 12.2. The van der Waals surface area contributed by atoms with Gasteiger partial charge in [-0.2, -0.15) is 0 Å². The fourth-order valence-electron chi connectivity index (χ4n) is 2.23. The summed E-state index contributed by atoms with van der Waals surface area (Å²) in [5.74, 6) is 1.28. The van der Waals surface area contributed by atoms with Crippen molar-refractivity contribution in [1.82, 2.24) is 15.3 Å². The molecular formula is C18H24N4O2. The number of nitrogens with zero attached hydrogens (tertiary/aromatic N) is 2. The van der Waals surface area contributed by atoms with Crippen molar-refractivity contribution >= 4 is 11.7 Å². The molecule has 1 amide bonds. The Morgan fingerprint density at radius 2 is 2.08 bits per heavy atom. The van der Waals surface area contributed by atoms with E-state index in [1.54, 1.807) is 13.2 Å². The van der Waals surface area contributed by atoms with Gasteiger partial charge in [0.1, 0.15) is 23.6 Å². The quantitative estimate of drug-likeness (QED) is 0.779. The van der Waals surface area contributed by atoms with Crippen LogP contribution in [0.3, 0.4) is 0 Å². The number of aromatic nitrogens is 2. The monoisotopic (exact) mass is 328 g/mol. The fraction of sp³-hybridized carbons (Fsp3) is 0.389. The summed E-state index contributed by atoms with van der Waals surface area (Å²) >= 11 is 0. The van der Waals surface area contributed by atoms with Gasteiger partial charge in [0.05, 0.1) is 7.11 Å². The molecule has 1 aromatic heterocycles. The first kappa shape index (κ1) is 17.7. The molecule has 1 atom stereocenters. The minimum absolute atomic E-state index is 0.209. The lowest BCUT2D eigenvalue weighted by Gasteiger charge is -2.12. The van der Waals surface area contributed by atoms with Gasteiger partial charge in [0, 0.05) is 18.7 Å². The molecule has 0 spiro atoms. The van der Waals surface area contributed by atoms with Crippen molar-refractivity contribution in [3.05, 3.63) is 47.9 Å². The van der Waals surface area contributed by atoms with Crippen molar-refractivity contribution in [2.24, 2.45) is 0 Å². The average molecular weight is 328 g/mol. The van der Waals surface area contributed by atoms with E-state index < -0.39 is 0 Å². The van der Waals surface area contributed by atoms with Crippen molar-refractivity contribution < 1.29 is 9.53 Å². The predicted octanol–water partition coefficient (Wildman–Crippen LogP) is 2.67. The van der Waals surface area contributed by atoms with Gasteiger partial charge in [-0.3, -0.25) is 4.79 Å². The molecule has 2 aromatic rings. The molecule has 6 nitrogen and oxygen atoms in total. The Bertz CT molecular complexity index is 676. The normalized spacial score (nSPS) is 11.6. The largest absolute Gasteiger partial charge is 0.496 e. The van der Waals surface area contributed by atoms with Crippen LogP contribution in [0.5, 0.6) is 5.75 Å². The van der Waals surface area contributed by atoms with Crippen molar-refractivity contribution in [3.63, 3.8) is 0 Å². The first-order valence-corrected chi connectivity index (χ1v) is 8.12. The lowest BCUT2D eigenvalue weighted by molar-refractivity contribution is 0.0949. The first-order valence-electron chi connectivity index (χ1n) is 8.12. The number of methoxy groups -OCH3 is 1. The van der Waals surface area contributed by atoms with Crippen LogP contribution in [0.15, 0.2) is 36.7 Å². The number of para-hydroxylation sites is 1. The second-order valence-corrected chi connectivity index (χ2v) is 5.56. The lowest BCUT2D eigenvalue weighted by Crippen LogP contribution is -2.27. The molecule has 0 saturated heterocycles. The van der Waals surface area contributed by atoms with E-state index in [-0.39, 0.29) is 5.91 Å². The van der Waals surface area contributed by atoms with Crippen molar-refractivity contribution in [3.8, 4) is 5.75 Å². The number of benzene rings is 1. The minimum Gasteiger partial charge on any atom is -0.496 e. The van der Waals surface area contributed by atoms with Gasteiger partial charge in [-0.15, -0.1) is 0 Å². The molecule has 1 heterocycles. The van der Waals surface area contributed by atoms with Crippen LogP contribution in [0.2, 0.25) is 0 Å². The SMILES string of the molecule is CCC(C)Nc1cc(C(=O)NCCc2ccccc2OC)ncn1. The molecule has 6 heteroatoms. The predicted molar refractivity (Wildman–Crippen MR) is 94.4 cm³/mol. The Kier molecular flexibility index (Phi) is 6.54. The molecule has 1 unspecified atom stereocenters. The van der Waals surface area contributed by atoms with Crippen LogP contribution in [0, 0.1) is 0 Å². The molecule has 0 aliphatic heterocycles. The third-order valence-corrected chi connectivity index (χ3v) is 3.78. The number of carbonyl (C=O) groups is 1. The Morgan fingerprint density at radius 1 is 1.29 bits per heavy atom. The van der Waals surface area contributed by atoms with Crippen molar-refractivity contribution in [2.75, 3.05) is 19.0 Å². The maximum Gasteiger partial charge on any atom is 0.270 e. The third kappa shape index (κ3) is 4.94. The standard InChI is InChI=1S/C18H24N4O2/c1-4-13(2)22-17-11-15(20-12-21-17)18(23)19-10-9-14-7-5-6-8-16(14)24-3/h5-8,11-13H,4,9-10H2,1-3H3,(H,19,23)(H,20,21,22). The first-order chi connectivity index (χ1) is 11.6. The zero-order chi connectivity index (χ0) is 17.4. The van der Waals surface area contributed by atoms with E-state index in [0.717, 1.165) is 17.7 Å². The Morgan fingerprint density at radius 3 is 2.83 bits per heavy atom. The second-order valence-electron chi connectivity index (χ2n) is 5.56. The molecule has 128 valence electrons. The summed E-state index contributed by atoms with van der Waals surface area (Å²) in [5, 5.41) is 6.12. The van der Waals surface area contributed by atoms with Gasteiger partial charge in [-0.1, -0.05) is 25.1 Å². The van der Waals surface area contributed by atoms with E-state index in [9.17, 15) is 4.79 Å². The van der Waals surface area contributed by atoms with Gasteiger partial charge >= 0.3 is 0 Å². The molecule has 0 fully saturated rings. The summed E-state index contributed by atoms with van der Waals surface area (Å²) < 4.78 is 5.31. The molecular weight excluding hydrogens is 304 g/mol. The molecule has 0 saturated carbocycles. The van der Waals surface area contributed by atoms with E-state index in [0.29, 0.717) is 30.5 Å². The van der Waals surface area contributed by atoms with Gasteiger partial charge in [0.15, 0.2) is 0 Å². The van der Waals surface area contributed by atoms with Gasteiger partial charge < -0.3 is 15.4 Å². The van der Waals surface area contributed by atoms with E-state index in [4.69, 9.17) is 4.74 Å². The van der Waals surface area contributed by atoms with Gasteiger partial charge in [0.25, 0.3) is 5.91 Å². The molecule has 0 radical (unpaired) electrons. The molecule has 2 rings (SSSR count). The minimum atomic E-state index is -0.209. The molecule has 1 aromatic carbocycles. The zero-order valence-electron chi connectivity index (χ0n) is 14.4. The van der Waals surface area contributed by atoms with E-state index in [1.165, 1.54) is 6.33 Å². The highest BCUT2D eigenvalue weighted by atomic mass is 16.5. The molecule has 2 N–H and O–H groups in total. The zero-order valence-corrected chi connectivity index (χ0v) is 14.4. The number of hydrogen-bond donors (Lipinski definition) is 2. The van der Waals surface area contributed by atoms with Gasteiger partial charge in [-0.05, 0) is 31.4 Å². The number of carbonyl (C=O) groups excluding carboxylic acids is 1. The summed E-state index contributed by atoms with van der Waals surface area (Å²) in [6, 6.07) is 9.74. The second kappa shape index (κ2) is 8.86. The number of rotatable bonds is 8. The summed E-state index contributed by atoms with van der Waals surface area (Å²) in [7, 11) is 1.64. The van der Waals surface area contributed by atoms with E-state index >= 15 is 0 Å². The lowest BCUT2D eigenvalue weighted by atomic mass is 10.1. The van der Waals surface area contributed by atoms with Crippen LogP contribution in [0.1, 0.15) is 36.3 Å². The topological polar surface area (TPSA) is 76.1 Å². The number of amides is 1. The van der Waals surface area contributed by atoms with Crippen molar-refractivity contribution in [2.45, 2.75) is 32.7 Å². The Labute approximate surface area is 142 Å². The molecule has 24 heavy (non-hydrogen) atoms. The van der Waals surface area contributed by atoms with Gasteiger partial charge in [0.2, 0.25) is 0 Å². The van der Waals surface area contributed by atoms with E-state index in [1.807, 2.05) is 24.3 Å². The summed E-state index contributed by atoms with van der Waals surface area (Å²) in [6.45, 7) is 4.66. The third-order valence-electron chi connectivity index (χ3n) is 3.78. The van der Waals surface area contributed by atoms with Crippen LogP contribution < -0.4 is 15.4 Å². The Hall–Kier alpha value is -2.63. The van der Waals surface area contributed by atoms with E-state index in [2.05, 4.69) is 34.4 Å². The summed E-state index contributed by atoms with van der Waals surface area (Å²) in [5.41, 5.74) is 1.41. The average Bonchev–Trinajstić information content (AvgIpc) is 2.62. The number of hydrogen-bond acceptors (Lipinski definition) is 5. The van der Waals surface area contributed by atoms with Crippen LogP contribution >= 0.6 is 0 Å². The summed E-state index contributed by atoms with van der Waals surface area (Å²) in [4.78, 5) is 20.4. The van der Waals surface area contributed by atoms with Crippen LogP contribution in [-0.4, -0.2) is 35.6 Å². The van der Waals surface area contributed by atoms with Crippen molar-refractivity contribution in [1.29, 1.82) is 0 Å². The number of ether oxygens (including phenoxy) is 1. The van der Waals surface area contributed by atoms with Crippen LogP contribution in [-0.2, 0) is 6.42 Å². The molecule has 0 aliphatic carbocycles. The molecule has 0 bridgehead atoms. The number of anilines is 1. The van der Waals surface area contributed by atoms with Crippen LogP contribution in [0.25, 0.3) is 0 Å². The Balaban J connectivity index is 1.91. The fourth-order valence-corrected chi connectivity index (χ4v) is 2.23.